The maximum atomic E-state index is 6.78. The first-order chi connectivity index (χ1) is 30.8. The van der Waals surface area contributed by atoms with E-state index < -0.39 is 5.41 Å². The zero-order valence-corrected chi connectivity index (χ0v) is 34.0. The smallest absolute Gasteiger partial charge is 0.213 e. The molecule has 286 valence electrons. The molecule has 0 radical (unpaired) electrons. The van der Waals surface area contributed by atoms with Gasteiger partial charge < -0.3 is 4.42 Å². The van der Waals surface area contributed by atoms with Crippen molar-refractivity contribution in [3.8, 4) is 39.2 Å². The molecular formula is C58H32N2OS. The molecule has 0 fully saturated rings. The van der Waals surface area contributed by atoms with Gasteiger partial charge in [-0.1, -0.05) is 158 Å². The summed E-state index contributed by atoms with van der Waals surface area (Å²) in [6.45, 7) is 0. The molecule has 2 aliphatic carbocycles. The number of nitrogens with zero attached hydrogens (tertiary/aromatic N) is 2. The third-order valence-corrected chi connectivity index (χ3v) is 15.2. The second-order valence-electron chi connectivity index (χ2n) is 16.9. The number of hydrogen-bond acceptors (Lipinski definition) is 3. The van der Waals surface area contributed by atoms with Gasteiger partial charge >= 0.3 is 0 Å². The van der Waals surface area contributed by atoms with E-state index in [0.29, 0.717) is 0 Å². The van der Waals surface area contributed by atoms with E-state index in [0.717, 1.165) is 50.0 Å². The van der Waals surface area contributed by atoms with Gasteiger partial charge in [-0.2, -0.15) is 0 Å². The summed E-state index contributed by atoms with van der Waals surface area (Å²) in [5.41, 5.74) is 17.2. The molecule has 15 rings (SSSR count). The van der Waals surface area contributed by atoms with Crippen LogP contribution in [-0.2, 0) is 5.41 Å². The minimum atomic E-state index is -0.414. The first kappa shape index (κ1) is 33.0. The summed E-state index contributed by atoms with van der Waals surface area (Å²) in [5, 5.41) is 9.71. The summed E-state index contributed by atoms with van der Waals surface area (Å²) in [4.78, 5) is 5.47. The van der Waals surface area contributed by atoms with Crippen LogP contribution in [-0.4, -0.2) is 9.55 Å². The van der Waals surface area contributed by atoms with Crippen molar-refractivity contribution in [1.82, 2.24) is 9.55 Å². The number of rotatable bonds is 2. The van der Waals surface area contributed by atoms with Gasteiger partial charge in [-0.05, 0) is 80.9 Å². The van der Waals surface area contributed by atoms with Crippen LogP contribution < -0.4 is 0 Å². The van der Waals surface area contributed by atoms with Crippen molar-refractivity contribution in [2.24, 2.45) is 0 Å². The van der Waals surface area contributed by atoms with E-state index in [9.17, 15) is 0 Å². The molecule has 0 atom stereocenters. The highest BCUT2D eigenvalue weighted by molar-refractivity contribution is 7.26. The second kappa shape index (κ2) is 11.7. The predicted octanol–water partition coefficient (Wildman–Crippen LogP) is 15.6. The van der Waals surface area contributed by atoms with E-state index in [1.807, 2.05) is 11.3 Å². The van der Waals surface area contributed by atoms with Gasteiger partial charge in [0.1, 0.15) is 5.58 Å². The molecule has 13 aromatic rings. The fourth-order valence-electron chi connectivity index (χ4n) is 11.6. The lowest BCUT2D eigenvalue weighted by molar-refractivity contribution is 0.645. The molecular weight excluding hydrogens is 773 g/mol. The third kappa shape index (κ3) is 3.95. The van der Waals surface area contributed by atoms with Gasteiger partial charge in [-0.25, -0.2) is 4.98 Å². The third-order valence-electron chi connectivity index (χ3n) is 14.0. The molecule has 0 amide bonds. The summed E-state index contributed by atoms with van der Waals surface area (Å²) in [6, 6.07) is 71.3. The average molecular weight is 805 g/mol. The zero-order valence-electron chi connectivity index (χ0n) is 33.2. The van der Waals surface area contributed by atoms with Crippen LogP contribution in [0.2, 0.25) is 0 Å². The van der Waals surface area contributed by atoms with Gasteiger partial charge in [-0.3, -0.25) is 4.57 Å². The quantitative estimate of drug-likeness (QED) is 0.163. The lowest BCUT2D eigenvalue weighted by Gasteiger charge is -2.30. The zero-order chi connectivity index (χ0) is 40.3. The SMILES string of the molecule is c1ccc2c(c1)-c1ccccc1C21c2ccccc2-c2c1ccc1c(-c3ccc(-n4c5ccc6c7ccccc7sc6c5c5c6ccccc6oc54)cc3)nc3ccccc3c21. The van der Waals surface area contributed by atoms with Crippen LogP contribution in [0.5, 0.6) is 0 Å². The highest BCUT2D eigenvalue weighted by Crippen LogP contribution is 2.64. The molecule has 3 nitrogen and oxygen atoms in total. The number of furan rings is 1. The minimum Gasteiger partial charge on any atom is -0.439 e. The highest BCUT2D eigenvalue weighted by Gasteiger charge is 2.52. The Bertz CT molecular complexity index is 4060. The van der Waals surface area contributed by atoms with Crippen LogP contribution in [0.1, 0.15) is 22.3 Å². The van der Waals surface area contributed by atoms with Crippen molar-refractivity contribution in [1.29, 1.82) is 0 Å². The Kier molecular flexibility index (Phi) is 6.24. The Balaban J connectivity index is 0.977. The Morgan fingerprint density at radius 3 is 1.87 bits per heavy atom. The molecule has 0 saturated carbocycles. The topological polar surface area (TPSA) is 31.0 Å². The molecule has 0 aliphatic heterocycles. The minimum absolute atomic E-state index is 0.414. The highest BCUT2D eigenvalue weighted by atomic mass is 32.1. The van der Waals surface area contributed by atoms with E-state index in [2.05, 4.69) is 199 Å². The van der Waals surface area contributed by atoms with E-state index in [1.54, 1.807) is 0 Å². The first-order valence-corrected chi connectivity index (χ1v) is 22.1. The van der Waals surface area contributed by atoms with Crippen molar-refractivity contribution < 1.29 is 4.42 Å². The number of fused-ring (bicyclic) bond motifs is 23. The number of pyridine rings is 1. The molecule has 62 heavy (non-hydrogen) atoms. The molecule has 0 N–H and O–H groups in total. The number of para-hydroxylation sites is 2. The molecule has 9 aromatic carbocycles. The predicted molar refractivity (Wildman–Crippen MR) is 258 cm³/mol. The van der Waals surface area contributed by atoms with Crippen molar-refractivity contribution in [3.63, 3.8) is 0 Å². The van der Waals surface area contributed by atoms with Gasteiger partial charge in [0.15, 0.2) is 0 Å². The maximum Gasteiger partial charge on any atom is 0.213 e. The van der Waals surface area contributed by atoms with Gasteiger partial charge in [-0.15, -0.1) is 11.3 Å². The Hall–Kier alpha value is -7.79. The largest absolute Gasteiger partial charge is 0.439 e. The fourth-order valence-corrected chi connectivity index (χ4v) is 12.9. The van der Waals surface area contributed by atoms with Gasteiger partial charge in [0, 0.05) is 58.4 Å². The standard InChI is InChI=1S/C58H32N2OS/c1-7-19-43-35(13-1)36-14-2-8-20-44(36)58(43)45-21-9-3-16-39(45)52-46(58)31-29-42-51(52)40-17-4-10-22-47(40)59-55(42)33-25-27-34(28-26-33)60-48-32-30-38-37-15-6-12-24-50(37)62-56(38)54(48)53-41-18-5-11-23-49(41)61-57(53)60/h1-32H. The monoisotopic (exact) mass is 804 g/mol. The average Bonchev–Trinajstić information content (AvgIpc) is 4.12. The van der Waals surface area contributed by atoms with E-state index in [1.165, 1.54) is 86.2 Å². The fraction of sp³-hybridized carbons (Fsp3) is 0.0172. The van der Waals surface area contributed by atoms with Crippen LogP contribution in [0.4, 0.5) is 0 Å². The molecule has 0 bridgehead atoms. The van der Waals surface area contributed by atoms with Crippen LogP contribution in [0.25, 0.3) is 114 Å². The van der Waals surface area contributed by atoms with E-state index in [4.69, 9.17) is 9.40 Å². The lowest BCUT2D eigenvalue weighted by Crippen LogP contribution is -2.25. The number of aromatic nitrogens is 2. The Morgan fingerprint density at radius 2 is 1.08 bits per heavy atom. The van der Waals surface area contributed by atoms with E-state index >= 15 is 0 Å². The summed E-state index contributed by atoms with van der Waals surface area (Å²) in [7, 11) is 0. The molecule has 4 aromatic heterocycles. The summed E-state index contributed by atoms with van der Waals surface area (Å²) >= 11 is 1.87. The van der Waals surface area contributed by atoms with Crippen LogP contribution in [0, 0.1) is 0 Å². The van der Waals surface area contributed by atoms with Gasteiger partial charge in [0.25, 0.3) is 0 Å². The molecule has 4 heteroatoms. The summed E-state index contributed by atoms with van der Waals surface area (Å²) < 4.78 is 11.7. The molecule has 1 spiro atoms. The molecule has 0 unspecified atom stereocenters. The molecule has 0 saturated heterocycles. The summed E-state index contributed by atoms with van der Waals surface area (Å²) in [5.74, 6) is 0. The van der Waals surface area contributed by atoms with Gasteiger partial charge in [0.05, 0.1) is 27.5 Å². The second-order valence-corrected chi connectivity index (χ2v) is 17.9. The van der Waals surface area contributed by atoms with E-state index in [-0.39, 0.29) is 0 Å². The Morgan fingerprint density at radius 1 is 0.452 bits per heavy atom. The molecule has 2 aliphatic rings. The van der Waals surface area contributed by atoms with Gasteiger partial charge in [0.2, 0.25) is 5.71 Å². The normalized spacial score (nSPS) is 13.6. The molecule has 4 heterocycles. The van der Waals surface area contributed by atoms with Crippen molar-refractivity contribution in [2.45, 2.75) is 5.41 Å². The van der Waals surface area contributed by atoms with Crippen LogP contribution in [0.3, 0.4) is 0 Å². The van der Waals surface area contributed by atoms with Crippen molar-refractivity contribution in [2.75, 3.05) is 0 Å². The summed E-state index contributed by atoms with van der Waals surface area (Å²) in [6.07, 6.45) is 0. The number of thiophene rings is 1. The van der Waals surface area contributed by atoms with Crippen LogP contribution in [0.15, 0.2) is 199 Å². The number of hydrogen-bond donors (Lipinski definition) is 0. The van der Waals surface area contributed by atoms with Crippen molar-refractivity contribution in [3.05, 3.63) is 216 Å². The van der Waals surface area contributed by atoms with Crippen LogP contribution >= 0.6 is 11.3 Å². The van der Waals surface area contributed by atoms with Crippen molar-refractivity contribution >= 4 is 86.2 Å². The number of benzene rings is 9. The first-order valence-electron chi connectivity index (χ1n) is 21.3. The lowest BCUT2D eigenvalue weighted by atomic mass is 9.70. The Labute approximate surface area is 359 Å². The maximum absolute atomic E-state index is 6.78.